The highest BCUT2D eigenvalue weighted by Gasteiger charge is 2.12. The van der Waals surface area contributed by atoms with E-state index in [-0.39, 0.29) is 5.91 Å². The molecule has 5 heteroatoms. The van der Waals surface area contributed by atoms with Crippen LogP contribution >= 0.6 is 0 Å². The van der Waals surface area contributed by atoms with Crippen molar-refractivity contribution in [3.8, 4) is 17.2 Å². The molecule has 2 rings (SSSR count). The Hall–Kier alpha value is -2.69. The fourth-order valence-corrected chi connectivity index (χ4v) is 2.52. The average Bonchev–Trinajstić information content (AvgIpc) is 2.60. The molecule has 0 aliphatic heterocycles. The molecule has 1 N–H and O–H groups in total. The van der Waals surface area contributed by atoms with Gasteiger partial charge < -0.3 is 19.5 Å². The van der Waals surface area contributed by atoms with Crippen molar-refractivity contribution in [2.24, 2.45) is 0 Å². The van der Waals surface area contributed by atoms with E-state index in [9.17, 15) is 4.79 Å². The lowest BCUT2D eigenvalue weighted by atomic mass is 10.0. The number of hydrogen-bond donors (Lipinski definition) is 1. The van der Waals surface area contributed by atoms with Gasteiger partial charge in [0.1, 0.15) is 5.75 Å². The maximum atomic E-state index is 12.5. The molecule has 2 aromatic carbocycles. The van der Waals surface area contributed by atoms with Crippen LogP contribution in [0.25, 0.3) is 0 Å². The van der Waals surface area contributed by atoms with Crippen LogP contribution in [0, 0.1) is 13.8 Å². The van der Waals surface area contributed by atoms with E-state index in [4.69, 9.17) is 14.2 Å². The molecule has 0 aliphatic carbocycles. The number of methoxy groups -OCH3 is 3. The molecule has 0 atom stereocenters. The quantitative estimate of drug-likeness (QED) is 0.884. The van der Waals surface area contributed by atoms with Crippen molar-refractivity contribution in [2.75, 3.05) is 21.3 Å². The number of carbonyl (C=O) groups excluding carboxylic acids is 1. The smallest absolute Gasteiger partial charge is 0.251 e. The Morgan fingerprint density at radius 3 is 2.17 bits per heavy atom. The second-order valence-corrected chi connectivity index (χ2v) is 5.51. The largest absolute Gasteiger partial charge is 0.496 e. The Morgan fingerprint density at radius 1 is 0.875 bits per heavy atom. The third-order valence-electron chi connectivity index (χ3n) is 3.89. The summed E-state index contributed by atoms with van der Waals surface area (Å²) in [6.07, 6.45) is 0. The first-order valence-electron chi connectivity index (χ1n) is 7.64. The van der Waals surface area contributed by atoms with Gasteiger partial charge in [0.2, 0.25) is 0 Å². The molecular weight excluding hydrogens is 306 g/mol. The molecule has 0 saturated carbocycles. The van der Waals surface area contributed by atoms with Crippen molar-refractivity contribution in [1.82, 2.24) is 5.32 Å². The molecule has 5 nitrogen and oxygen atoms in total. The van der Waals surface area contributed by atoms with Gasteiger partial charge >= 0.3 is 0 Å². The molecule has 24 heavy (non-hydrogen) atoms. The monoisotopic (exact) mass is 329 g/mol. The first-order valence-corrected chi connectivity index (χ1v) is 7.64. The molecular formula is C19H23NO4. The molecule has 0 spiro atoms. The van der Waals surface area contributed by atoms with Gasteiger partial charge in [-0.3, -0.25) is 4.79 Å². The summed E-state index contributed by atoms with van der Waals surface area (Å²) in [6, 6.07) is 9.29. The number of carbonyl (C=O) groups is 1. The Kier molecular flexibility index (Phi) is 5.68. The third-order valence-corrected chi connectivity index (χ3v) is 3.89. The van der Waals surface area contributed by atoms with Crippen LogP contribution in [0.3, 0.4) is 0 Å². The second kappa shape index (κ2) is 7.73. The summed E-state index contributed by atoms with van der Waals surface area (Å²) in [7, 11) is 4.80. The summed E-state index contributed by atoms with van der Waals surface area (Å²) in [5.41, 5.74) is 3.39. The first kappa shape index (κ1) is 17.7. The predicted octanol–water partition coefficient (Wildman–Crippen LogP) is 3.26. The normalized spacial score (nSPS) is 10.2. The Bertz CT molecular complexity index is 740. The van der Waals surface area contributed by atoms with Crippen molar-refractivity contribution >= 4 is 5.91 Å². The molecule has 0 heterocycles. The lowest BCUT2D eigenvalue weighted by Crippen LogP contribution is -2.23. The third kappa shape index (κ3) is 3.79. The summed E-state index contributed by atoms with van der Waals surface area (Å²) in [4.78, 5) is 12.5. The van der Waals surface area contributed by atoms with Crippen molar-refractivity contribution in [3.05, 3.63) is 52.6 Å². The van der Waals surface area contributed by atoms with E-state index in [0.717, 1.165) is 22.4 Å². The Balaban J connectivity index is 2.12. The van der Waals surface area contributed by atoms with Gasteiger partial charge in [0, 0.05) is 12.1 Å². The minimum Gasteiger partial charge on any atom is -0.496 e. The van der Waals surface area contributed by atoms with Gasteiger partial charge in [0.25, 0.3) is 5.91 Å². The SMILES string of the molecule is COc1cc(C)c(C(=O)NCc2ccc(OC)c(OC)c2)cc1C. The highest BCUT2D eigenvalue weighted by atomic mass is 16.5. The summed E-state index contributed by atoms with van der Waals surface area (Å²) in [6.45, 7) is 4.22. The average molecular weight is 329 g/mol. The predicted molar refractivity (Wildman–Crippen MR) is 93.2 cm³/mol. The standard InChI is InChI=1S/C19H23NO4/c1-12-9-17(23-4)13(2)8-15(12)19(21)20-11-14-6-7-16(22-3)18(10-14)24-5/h6-10H,11H2,1-5H3,(H,20,21). The number of nitrogens with one attached hydrogen (secondary N) is 1. The lowest BCUT2D eigenvalue weighted by molar-refractivity contribution is 0.0950. The molecule has 0 aliphatic rings. The molecule has 0 saturated heterocycles. The Labute approximate surface area is 142 Å². The van der Waals surface area contributed by atoms with Gasteiger partial charge in [-0.2, -0.15) is 0 Å². The topological polar surface area (TPSA) is 56.8 Å². The van der Waals surface area contributed by atoms with Crippen LogP contribution < -0.4 is 19.5 Å². The van der Waals surface area contributed by atoms with Gasteiger partial charge in [-0.1, -0.05) is 6.07 Å². The molecule has 0 fully saturated rings. The second-order valence-electron chi connectivity index (χ2n) is 5.51. The van der Waals surface area contributed by atoms with Gasteiger partial charge in [-0.05, 0) is 54.8 Å². The van der Waals surface area contributed by atoms with Crippen molar-refractivity contribution in [2.45, 2.75) is 20.4 Å². The van der Waals surface area contributed by atoms with E-state index in [1.54, 1.807) is 21.3 Å². The maximum Gasteiger partial charge on any atom is 0.251 e. The summed E-state index contributed by atoms with van der Waals surface area (Å²) in [5, 5.41) is 2.93. The van der Waals surface area contributed by atoms with Crippen LogP contribution in [0.4, 0.5) is 0 Å². The molecule has 0 radical (unpaired) electrons. The van der Waals surface area contributed by atoms with Crippen LogP contribution in [-0.4, -0.2) is 27.2 Å². The number of hydrogen-bond acceptors (Lipinski definition) is 4. The molecule has 0 unspecified atom stereocenters. The molecule has 128 valence electrons. The summed E-state index contributed by atoms with van der Waals surface area (Å²) in [5.74, 6) is 1.96. The summed E-state index contributed by atoms with van der Waals surface area (Å²) >= 11 is 0. The number of aryl methyl sites for hydroxylation is 2. The minimum atomic E-state index is -0.118. The van der Waals surface area contributed by atoms with Crippen molar-refractivity contribution in [1.29, 1.82) is 0 Å². The summed E-state index contributed by atoms with van der Waals surface area (Å²) < 4.78 is 15.8. The van der Waals surface area contributed by atoms with Gasteiger partial charge in [0.15, 0.2) is 11.5 Å². The van der Waals surface area contributed by atoms with Crippen LogP contribution in [-0.2, 0) is 6.54 Å². The Morgan fingerprint density at radius 2 is 1.54 bits per heavy atom. The number of amides is 1. The van der Waals surface area contributed by atoms with Crippen LogP contribution in [0.2, 0.25) is 0 Å². The van der Waals surface area contributed by atoms with Gasteiger partial charge in [-0.25, -0.2) is 0 Å². The molecule has 0 aromatic heterocycles. The van der Waals surface area contributed by atoms with E-state index < -0.39 is 0 Å². The van der Waals surface area contributed by atoms with E-state index in [1.165, 1.54) is 0 Å². The van der Waals surface area contributed by atoms with Crippen LogP contribution in [0.15, 0.2) is 30.3 Å². The van der Waals surface area contributed by atoms with E-state index in [1.807, 2.05) is 44.2 Å². The van der Waals surface area contributed by atoms with Crippen LogP contribution in [0.1, 0.15) is 27.0 Å². The van der Waals surface area contributed by atoms with E-state index in [2.05, 4.69) is 5.32 Å². The molecule has 0 bridgehead atoms. The lowest BCUT2D eigenvalue weighted by Gasteiger charge is -2.13. The van der Waals surface area contributed by atoms with Gasteiger partial charge in [0.05, 0.1) is 21.3 Å². The highest BCUT2D eigenvalue weighted by Crippen LogP contribution is 2.27. The van der Waals surface area contributed by atoms with Crippen molar-refractivity contribution in [3.63, 3.8) is 0 Å². The number of benzene rings is 2. The highest BCUT2D eigenvalue weighted by molar-refractivity contribution is 5.96. The number of rotatable bonds is 6. The zero-order valence-electron chi connectivity index (χ0n) is 14.7. The zero-order chi connectivity index (χ0) is 17.7. The first-order chi connectivity index (χ1) is 11.5. The zero-order valence-corrected chi connectivity index (χ0v) is 14.7. The number of ether oxygens (including phenoxy) is 3. The van der Waals surface area contributed by atoms with Gasteiger partial charge in [-0.15, -0.1) is 0 Å². The molecule has 2 aromatic rings. The maximum absolute atomic E-state index is 12.5. The fourth-order valence-electron chi connectivity index (χ4n) is 2.52. The van der Waals surface area contributed by atoms with E-state index >= 15 is 0 Å². The fraction of sp³-hybridized carbons (Fsp3) is 0.316. The van der Waals surface area contributed by atoms with Crippen LogP contribution in [0.5, 0.6) is 17.2 Å². The van der Waals surface area contributed by atoms with E-state index in [0.29, 0.717) is 23.6 Å². The van der Waals surface area contributed by atoms with Crippen molar-refractivity contribution < 1.29 is 19.0 Å². The molecule has 1 amide bonds. The minimum absolute atomic E-state index is 0.118.